The first-order valence-electron chi connectivity index (χ1n) is 2.20. The maximum absolute atomic E-state index is 9.53. The van der Waals surface area contributed by atoms with Crippen molar-refractivity contribution < 1.29 is 9.53 Å². The number of hydrogen-bond acceptors (Lipinski definition) is 2. The van der Waals surface area contributed by atoms with Crippen LogP contribution in [0.3, 0.4) is 0 Å². The van der Waals surface area contributed by atoms with E-state index in [-0.39, 0.29) is 6.10 Å². The van der Waals surface area contributed by atoms with Gasteiger partial charge in [0.15, 0.2) is 6.29 Å². The van der Waals surface area contributed by atoms with Crippen LogP contribution >= 0.6 is 0 Å². The summed E-state index contributed by atoms with van der Waals surface area (Å²) in [6.45, 7) is 4.87. The van der Waals surface area contributed by atoms with E-state index in [0.717, 1.165) is 6.61 Å². The normalized spacial score (nSPS) is 9.57. The maximum atomic E-state index is 9.53. The molecule has 0 unspecified atom stereocenters. The van der Waals surface area contributed by atoms with Gasteiger partial charge in [0.2, 0.25) is 0 Å². The minimum absolute atomic E-state index is 0.116. The molecule has 0 saturated heterocycles. The molecule has 0 amide bonds. The van der Waals surface area contributed by atoms with E-state index in [0.29, 0.717) is 6.29 Å². The summed E-state index contributed by atoms with van der Waals surface area (Å²) in [5.74, 6) is 0. The van der Waals surface area contributed by atoms with Gasteiger partial charge in [-0.3, -0.25) is 0 Å². The van der Waals surface area contributed by atoms with Crippen LogP contribution in [0.2, 0.25) is 0 Å². The lowest BCUT2D eigenvalue weighted by molar-refractivity contribution is -0.109. The largest absolute Gasteiger partial charge is 0.365 e. The molecule has 0 atom stereocenters. The summed E-state index contributed by atoms with van der Waals surface area (Å²) >= 11 is 0. The molecule has 0 aromatic heterocycles. The molecule has 0 bridgehead atoms. The molecule has 7 heavy (non-hydrogen) atoms. The monoisotopic (exact) mass is 101 g/mol. The Balaban J connectivity index is 2.81. The van der Waals surface area contributed by atoms with Crippen molar-refractivity contribution in [2.24, 2.45) is 0 Å². The average Bonchev–Trinajstić information content (AvgIpc) is 1.61. The minimum atomic E-state index is 0.116. The molecule has 0 aromatic carbocycles. The van der Waals surface area contributed by atoms with Crippen LogP contribution in [0, 0.1) is 6.61 Å². The van der Waals surface area contributed by atoms with Crippen molar-refractivity contribution in [1.82, 2.24) is 0 Å². The van der Waals surface area contributed by atoms with Crippen LogP contribution in [-0.4, -0.2) is 12.4 Å². The SMILES string of the molecule is CC(C)O[CH]C=O. The molecule has 0 aliphatic heterocycles. The summed E-state index contributed by atoms with van der Waals surface area (Å²) in [6, 6.07) is 0. The zero-order chi connectivity index (χ0) is 5.70. The highest BCUT2D eigenvalue weighted by molar-refractivity contribution is 5.58. The van der Waals surface area contributed by atoms with E-state index in [2.05, 4.69) is 0 Å². The van der Waals surface area contributed by atoms with Gasteiger partial charge in [-0.05, 0) is 13.8 Å². The summed E-state index contributed by atoms with van der Waals surface area (Å²) in [6.07, 6.45) is 0.741. The molecule has 0 aliphatic carbocycles. The summed E-state index contributed by atoms with van der Waals surface area (Å²) < 4.78 is 4.70. The molecule has 1 radical (unpaired) electrons. The topological polar surface area (TPSA) is 26.3 Å². The quantitative estimate of drug-likeness (QED) is 0.491. The third-order valence-corrected chi connectivity index (χ3v) is 0.406. The van der Waals surface area contributed by atoms with Gasteiger partial charge in [0.25, 0.3) is 0 Å². The Labute approximate surface area is 43.5 Å². The van der Waals surface area contributed by atoms with Crippen LogP contribution in [0.1, 0.15) is 13.8 Å². The van der Waals surface area contributed by atoms with E-state index in [1.807, 2.05) is 13.8 Å². The molecule has 2 heteroatoms. The van der Waals surface area contributed by atoms with Gasteiger partial charge in [0.05, 0.1) is 6.10 Å². The lowest BCUT2D eigenvalue weighted by Crippen LogP contribution is -1.98. The lowest BCUT2D eigenvalue weighted by atomic mass is 10.5. The van der Waals surface area contributed by atoms with Crippen molar-refractivity contribution in [1.29, 1.82) is 0 Å². The lowest BCUT2D eigenvalue weighted by Gasteiger charge is -1.98. The molecule has 0 rings (SSSR count). The Morgan fingerprint density at radius 1 is 1.57 bits per heavy atom. The maximum Gasteiger partial charge on any atom is 0.151 e. The number of ether oxygens (including phenoxy) is 1. The van der Waals surface area contributed by atoms with E-state index in [1.54, 1.807) is 0 Å². The third kappa shape index (κ3) is 5.63. The molecule has 0 spiro atoms. The van der Waals surface area contributed by atoms with Gasteiger partial charge in [0.1, 0.15) is 6.61 Å². The number of aldehydes is 1. The van der Waals surface area contributed by atoms with Crippen molar-refractivity contribution >= 4 is 6.29 Å². The molecular weight excluding hydrogens is 92.1 g/mol. The predicted molar refractivity (Wildman–Crippen MR) is 26.6 cm³/mol. The predicted octanol–water partition coefficient (Wildman–Crippen LogP) is 0.772. The highest BCUT2D eigenvalue weighted by Gasteiger charge is 1.88. The molecule has 0 saturated carbocycles. The smallest absolute Gasteiger partial charge is 0.151 e. The minimum Gasteiger partial charge on any atom is -0.365 e. The van der Waals surface area contributed by atoms with Crippen molar-refractivity contribution in [3.05, 3.63) is 6.61 Å². The summed E-state index contributed by atoms with van der Waals surface area (Å²) in [7, 11) is 0. The van der Waals surface area contributed by atoms with Gasteiger partial charge >= 0.3 is 0 Å². The van der Waals surface area contributed by atoms with Crippen LogP contribution in [0.5, 0.6) is 0 Å². The molecule has 0 fully saturated rings. The molecule has 41 valence electrons. The standard InChI is InChI=1S/C5H9O2/c1-5(2)7-4-3-6/h3-5H,1-2H3. The third-order valence-electron chi connectivity index (χ3n) is 0.406. The average molecular weight is 101 g/mol. The molecule has 0 aliphatic rings. The Hall–Kier alpha value is -0.370. The fourth-order valence-electron chi connectivity index (χ4n) is 0.189. The van der Waals surface area contributed by atoms with Gasteiger partial charge in [-0.15, -0.1) is 0 Å². The number of rotatable bonds is 3. The van der Waals surface area contributed by atoms with Crippen LogP contribution in [-0.2, 0) is 9.53 Å². The van der Waals surface area contributed by atoms with Gasteiger partial charge in [0, 0.05) is 0 Å². The van der Waals surface area contributed by atoms with Crippen LogP contribution in [0.25, 0.3) is 0 Å². The summed E-state index contributed by atoms with van der Waals surface area (Å²) in [5.41, 5.74) is 0. The highest BCUT2D eigenvalue weighted by atomic mass is 16.5. The second-order valence-electron chi connectivity index (χ2n) is 1.46. The second kappa shape index (κ2) is 3.81. The number of hydrogen-bond donors (Lipinski definition) is 0. The summed E-state index contributed by atoms with van der Waals surface area (Å²) in [4.78, 5) is 9.53. The van der Waals surface area contributed by atoms with E-state index >= 15 is 0 Å². The zero-order valence-corrected chi connectivity index (χ0v) is 4.55. The van der Waals surface area contributed by atoms with Crippen molar-refractivity contribution in [3.8, 4) is 0 Å². The first kappa shape index (κ1) is 6.63. The molecule has 0 heterocycles. The molecular formula is C5H9O2. The fourth-order valence-corrected chi connectivity index (χ4v) is 0.189. The molecule has 0 aromatic rings. The van der Waals surface area contributed by atoms with Crippen LogP contribution in [0.15, 0.2) is 0 Å². The van der Waals surface area contributed by atoms with E-state index < -0.39 is 0 Å². The van der Waals surface area contributed by atoms with E-state index in [1.165, 1.54) is 0 Å². The van der Waals surface area contributed by atoms with E-state index in [9.17, 15) is 4.79 Å². The van der Waals surface area contributed by atoms with Crippen molar-refractivity contribution in [2.45, 2.75) is 20.0 Å². The number of carbonyl (C=O) groups is 1. The van der Waals surface area contributed by atoms with Crippen molar-refractivity contribution in [2.75, 3.05) is 0 Å². The first-order valence-corrected chi connectivity index (χ1v) is 2.20. The fraction of sp³-hybridized carbons (Fsp3) is 0.600. The Bertz CT molecular complexity index is 50.0. The molecule has 2 nitrogen and oxygen atoms in total. The zero-order valence-electron chi connectivity index (χ0n) is 4.55. The van der Waals surface area contributed by atoms with Gasteiger partial charge in [-0.2, -0.15) is 0 Å². The Kier molecular flexibility index (Phi) is 3.61. The summed E-state index contributed by atoms with van der Waals surface area (Å²) in [5, 5.41) is 0. The highest BCUT2D eigenvalue weighted by Crippen LogP contribution is 1.86. The second-order valence-corrected chi connectivity index (χ2v) is 1.46. The van der Waals surface area contributed by atoms with Gasteiger partial charge < -0.3 is 9.53 Å². The Morgan fingerprint density at radius 3 is 2.29 bits per heavy atom. The van der Waals surface area contributed by atoms with E-state index in [4.69, 9.17) is 4.74 Å². The number of carbonyl (C=O) groups excluding carboxylic acids is 1. The van der Waals surface area contributed by atoms with Gasteiger partial charge in [-0.25, -0.2) is 0 Å². The first-order chi connectivity index (χ1) is 3.27. The Morgan fingerprint density at radius 2 is 2.14 bits per heavy atom. The van der Waals surface area contributed by atoms with Gasteiger partial charge in [-0.1, -0.05) is 0 Å². The molecule has 0 N–H and O–H groups in total. The van der Waals surface area contributed by atoms with Crippen molar-refractivity contribution in [3.63, 3.8) is 0 Å². The van der Waals surface area contributed by atoms with Crippen LogP contribution in [0.4, 0.5) is 0 Å². The van der Waals surface area contributed by atoms with Crippen LogP contribution < -0.4 is 0 Å².